The molecule has 2 aromatic rings. The molecular weight excluding hydrogens is 306 g/mol. The number of aryl methyl sites for hydroxylation is 1. The van der Waals surface area contributed by atoms with E-state index >= 15 is 0 Å². The second kappa shape index (κ2) is 6.72. The summed E-state index contributed by atoms with van der Waals surface area (Å²) < 4.78 is 0. The summed E-state index contributed by atoms with van der Waals surface area (Å²) in [6, 6.07) is 16.7. The van der Waals surface area contributed by atoms with Crippen molar-refractivity contribution in [2.45, 2.75) is 32.2 Å². The second-order valence-electron chi connectivity index (χ2n) is 6.77. The van der Waals surface area contributed by atoms with E-state index in [-0.39, 0.29) is 17.7 Å². The summed E-state index contributed by atoms with van der Waals surface area (Å²) in [4.78, 5) is 15.3. The van der Waals surface area contributed by atoms with E-state index in [9.17, 15) is 4.79 Å². The molecule has 25 heavy (non-hydrogen) atoms. The Hall–Kier alpha value is -2.61. The number of anilines is 2. The van der Waals surface area contributed by atoms with E-state index < -0.39 is 0 Å². The van der Waals surface area contributed by atoms with E-state index in [1.54, 1.807) is 0 Å². The minimum atomic E-state index is -0.112. The van der Waals surface area contributed by atoms with Crippen molar-refractivity contribution < 1.29 is 4.79 Å². The van der Waals surface area contributed by atoms with Gasteiger partial charge in [-0.2, -0.15) is 0 Å². The number of nitrogens with zero attached hydrogens (tertiary/aromatic N) is 1. The number of carbonyl (C=O) groups is 1. The molecule has 1 aliphatic carbocycles. The van der Waals surface area contributed by atoms with Crippen LogP contribution in [0.2, 0.25) is 0 Å². The van der Waals surface area contributed by atoms with Crippen LogP contribution in [0.5, 0.6) is 0 Å². The molecule has 2 nitrogen and oxygen atoms in total. The smallest absolute Gasteiger partial charge is 0.174 e. The summed E-state index contributed by atoms with van der Waals surface area (Å²) in [5.74, 6) is 0.114. The van der Waals surface area contributed by atoms with Gasteiger partial charge < -0.3 is 4.90 Å². The third kappa shape index (κ3) is 2.72. The molecule has 1 heterocycles. The van der Waals surface area contributed by atoms with E-state index in [0.717, 1.165) is 17.7 Å². The zero-order valence-electron chi connectivity index (χ0n) is 14.6. The van der Waals surface area contributed by atoms with Crippen LogP contribution in [0.15, 0.2) is 72.8 Å². The molecule has 0 N–H and O–H groups in total. The molecule has 0 fully saturated rings. The zero-order chi connectivity index (χ0) is 17.2. The summed E-state index contributed by atoms with van der Waals surface area (Å²) >= 11 is 0. The summed E-state index contributed by atoms with van der Waals surface area (Å²) in [6.07, 6.45) is 11.7. The van der Waals surface area contributed by atoms with Gasteiger partial charge in [-0.3, -0.25) is 4.79 Å². The number of hydrogen-bond acceptors (Lipinski definition) is 2. The molecule has 0 saturated heterocycles. The third-order valence-corrected chi connectivity index (χ3v) is 5.19. The van der Waals surface area contributed by atoms with Gasteiger partial charge in [0.15, 0.2) is 5.78 Å². The molecule has 0 amide bonds. The molecule has 0 saturated carbocycles. The Morgan fingerprint density at radius 2 is 1.64 bits per heavy atom. The Kier molecular flexibility index (Phi) is 4.27. The van der Waals surface area contributed by atoms with Gasteiger partial charge in [-0.05, 0) is 36.6 Å². The van der Waals surface area contributed by atoms with Gasteiger partial charge in [0.2, 0.25) is 0 Å². The number of hydrogen-bond donors (Lipinski definition) is 0. The molecule has 0 bridgehead atoms. The number of carbonyl (C=O) groups excluding carboxylic acids is 1. The Labute approximate surface area is 149 Å². The Balaban J connectivity index is 1.88. The van der Waals surface area contributed by atoms with Crippen molar-refractivity contribution in [2.24, 2.45) is 5.92 Å². The lowest BCUT2D eigenvalue weighted by atomic mass is 9.81. The minimum Gasteiger partial charge on any atom is -0.333 e. The van der Waals surface area contributed by atoms with Crippen molar-refractivity contribution in [1.82, 2.24) is 0 Å². The van der Waals surface area contributed by atoms with E-state index in [0.29, 0.717) is 0 Å². The molecule has 1 aliphatic heterocycles. The molecule has 2 heteroatoms. The van der Waals surface area contributed by atoms with Crippen molar-refractivity contribution >= 4 is 17.2 Å². The zero-order valence-corrected chi connectivity index (χ0v) is 14.6. The first-order chi connectivity index (χ1) is 12.3. The van der Waals surface area contributed by atoms with Crippen LogP contribution < -0.4 is 4.90 Å². The van der Waals surface area contributed by atoms with Gasteiger partial charge in [0.05, 0.1) is 17.6 Å². The van der Waals surface area contributed by atoms with Crippen LogP contribution in [0.25, 0.3) is 0 Å². The number of rotatable bonds is 4. The first-order valence-corrected chi connectivity index (χ1v) is 9.16. The first-order valence-electron chi connectivity index (χ1n) is 9.16. The fraction of sp³-hybridized carbons (Fsp3) is 0.261. The maximum atomic E-state index is 13.0. The van der Waals surface area contributed by atoms with Crippen molar-refractivity contribution in [3.05, 3.63) is 84.0 Å². The molecule has 2 aromatic carbocycles. The Bertz CT molecular complexity index is 849. The van der Waals surface area contributed by atoms with Crippen LogP contribution >= 0.6 is 0 Å². The Morgan fingerprint density at radius 1 is 0.920 bits per heavy atom. The van der Waals surface area contributed by atoms with E-state index in [1.807, 2.05) is 30.4 Å². The average Bonchev–Trinajstić information content (AvgIpc) is 2.67. The largest absolute Gasteiger partial charge is 0.333 e. The number of para-hydroxylation sites is 2. The van der Waals surface area contributed by atoms with Crippen LogP contribution in [0.1, 0.15) is 35.7 Å². The quantitative estimate of drug-likeness (QED) is 0.741. The highest BCUT2D eigenvalue weighted by Crippen LogP contribution is 2.42. The lowest BCUT2D eigenvalue weighted by Gasteiger charge is -2.42. The van der Waals surface area contributed by atoms with E-state index in [2.05, 4.69) is 54.3 Å². The van der Waals surface area contributed by atoms with Crippen molar-refractivity contribution in [1.29, 1.82) is 0 Å². The summed E-state index contributed by atoms with van der Waals surface area (Å²) in [5.41, 5.74) is 4.44. The molecule has 4 rings (SSSR count). The highest BCUT2D eigenvalue weighted by atomic mass is 16.1. The third-order valence-electron chi connectivity index (χ3n) is 5.19. The summed E-state index contributed by atoms with van der Waals surface area (Å²) in [7, 11) is 0. The molecular formula is C23H23NO. The number of Topliss-reactive ketones (excluding diaryl/α,β-unsaturated/α-hetero) is 1. The van der Waals surface area contributed by atoms with Crippen molar-refractivity contribution in [3.8, 4) is 0 Å². The molecule has 0 aromatic heterocycles. The summed E-state index contributed by atoms with van der Waals surface area (Å²) in [5, 5.41) is 0. The number of ketones is 1. The van der Waals surface area contributed by atoms with Crippen LogP contribution in [0.3, 0.4) is 0 Å². The van der Waals surface area contributed by atoms with Gasteiger partial charge in [0.1, 0.15) is 0 Å². The SMILES string of the molecule is CCCCc1ccccc1N1c2ccccc2C(=O)C2C=CC=CC21. The van der Waals surface area contributed by atoms with Gasteiger partial charge in [0.25, 0.3) is 0 Å². The van der Waals surface area contributed by atoms with Crippen molar-refractivity contribution in [3.63, 3.8) is 0 Å². The van der Waals surface area contributed by atoms with Crippen LogP contribution in [0.4, 0.5) is 11.4 Å². The first kappa shape index (κ1) is 15.9. The number of unbranched alkanes of at least 4 members (excludes halogenated alkanes) is 1. The molecule has 2 unspecified atom stereocenters. The molecule has 0 radical (unpaired) electrons. The second-order valence-corrected chi connectivity index (χ2v) is 6.77. The standard InChI is InChI=1S/C23H23NO/c1-2-3-10-17-11-4-7-14-20(17)24-21-15-8-5-12-18(21)23(25)19-13-6-9-16-22(19)24/h4-9,11-16,18,21H,2-3,10H2,1H3. The van der Waals surface area contributed by atoms with Gasteiger partial charge in [-0.25, -0.2) is 0 Å². The predicted molar refractivity (Wildman–Crippen MR) is 104 cm³/mol. The van der Waals surface area contributed by atoms with Crippen LogP contribution in [0, 0.1) is 5.92 Å². The maximum Gasteiger partial charge on any atom is 0.174 e. The number of allylic oxidation sites excluding steroid dienone is 2. The topological polar surface area (TPSA) is 20.3 Å². The highest BCUT2D eigenvalue weighted by molar-refractivity contribution is 6.08. The highest BCUT2D eigenvalue weighted by Gasteiger charge is 2.39. The van der Waals surface area contributed by atoms with Gasteiger partial charge in [0, 0.05) is 11.3 Å². The fourth-order valence-electron chi connectivity index (χ4n) is 3.93. The predicted octanol–water partition coefficient (Wildman–Crippen LogP) is 5.47. The average molecular weight is 329 g/mol. The van der Waals surface area contributed by atoms with Gasteiger partial charge in [-0.1, -0.05) is 68.0 Å². The van der Waals surface area contributed by atoms with E-state index in [1.165, 1.54) is 24.1 Å². The van der Waals surface area contributed by atoms with E-state index in [4.69, 9.17) is 0 Å². The Morgan fingerprint density at radius 3 is 2.48 bits per heavy atom. The normalized spacial score (nSPS) is 21.2. The lowest BCUT2D eigenvalue weighted by molar-refractivity contribution is 0.0931. The monoisotopic (exact) mass is 329 g/mol. The number of fused-ring (bicyclic) bond motifs is 2. The molecule has 2 atom stereocenters. The van der Waals surface area contributed by atoms with Crippen LogP contribution in [-0.2, 0) is 6.42 Å². The van der Waals surface area contributed by atoms with Gasteiger partial charge >= 0.3 is 0 Å². The minimum absolute atomic E-state index is 0.0511. The maximum absolute atomic E-state index is 13.0. The van der Waals surface area contributed by atoms with Crippen LogP contribution in [-0.4, -0.2) is 11.8 Å². The molecule has 126 valence electrons. The molecule has 0 spiro atoms. The number of benzene rings is 2. The fourth-order valence-corrected chi connectivity index (χ4v) is 3.93. The van der Waals surface area contributed by atoms with Gasteiger partial charge in [-0.15, -0.1) is 0 Å². The summed E-state index contributed by atoms with van der Waals surface area (Å²) in [6.45, 7) is 2.22. The lowest BCUT2D eigenvalue weighted by Crippen LogP contribution is -2.45. The molecule has 2 aliphatic rings. The van der Waals surface area contributed by atoms with Crippen molar-refractivity contribution in [2.75, 3.05) is 4.90 Å².